The fraction of sp³-hybridized carbons (Fsp3) is 0.182. The highest BCUT2D eigenvalue weighted by molar-refractivity contribution is 5.91. The van der Waals surface area contributed by atoms with Crippen LogP contribution in [0.2, 0.25) is 0 Å². The Morgan fingerprint density at radius 2 is 2.41 bits per heavy atom. The highest BCUT2D eigenvalue weighted by Gasteiger charge is 2.10. The zero-order chi connectivity index (χ0) is 12.3. The predicted octanol–water partition coefficient (Wildman–Crippen LogP) is 1.69. The topological polar surface area (TPSA) is 88.2 Å². The summed E-state index contributed by atoms with van der Waals surface area (Å²) in [5, 5.41) is 15.7. The maximum atomic E-state index is 10.9. The number of aromatic nitrogens is 2. The minimum Gasteiger partial charge on any atom is -0.476 e. The van der Waals surface area contributed by atoms with Crippen molar-refractivity contribution in [2.24, 2.45) is 0 Å². The Morgan fingerprint density at radius 1 is 1.59 bits per heavy atom. The lowest BCUT2D eigenvalue weighted by atomic mass is 10.3. The van der Waals surface area contributed by atoms with E-state index in [-0.39, 0.29) is 5.69 Å². The first kappa shape index (κ1) is 11.1. The summed E-state index contributed by atoms with van der Waals surface area (Å²) in [4.78, 5) is 14.7. The number of hydrogen-bond donors (Lipinski definition) is 2. The fourth-order valence-corrected chi connectivity index (χ4v) is 1.41. The van der Waals surface area contributed by atoms with Gasteiger partial charge in [-0.3, -0.25) is 0 Å². The molecule has 0 atom stereocenters. The van der Waals surface area contributed by atoms with Gasteiger partial charge in [0.15, 0.2) is 5.69 Å². The summed E-state index contributed by atoms with van der Waals surface area (Å²) in [5.74, 6) is -0.351. The lowest BCUT2D eigenvalue weighted by Gasteiger charge is -2.06. The molecule has 0 radical (unpaired) electrons. The molecule has 6 heteroatoms. The summed E-state index contributed by atoms with van der Waals surface area (Å²) in [7, 11) is 0. The number of carboxylic acids is 1. The van der Waals surface area contributed by atoms with E-state index in [9.17, 15) is 4.79 Å². The Hall–Kier alpha value is -2.37. The smallest absolute Gasteiger partial charge is 0.356 e. The first-order valence-electron chi connectivity index (χ1n) is 5.01. The minimum atomic E-state index is -1.07. The second kappa shape index (κ2) is 4.65. The Bertz CT molecular complexity index is 536. The molecule has 2 heterocycles. The van der Waals surface area contributed by atoms with Crippen LogP contribution in [0.15, 0.2) is 28.9 Å². The lowest BCUT2D eigenvalue weighted by molar-refractivity contribution is 0.0691. The van der Waals surface area contributed by atoms with Crippen molar-refractivity contribution in [1.82, 2.24) is 10.1 Å². The largest absolute Gasteiger partial charge is 0.476 e. The molecule has 0 bridgehead atoms. The molecular weight excluding hydrogens is 222 g/mol. The van der Waals surface area contributed by atoms with Crippen LogP contribution in [0.4, 0.5) is 5.69 Å². The van der Waals surface area contributed by atoms with E-state index >= 15 is 0 Å². The average molecular weight is 233 g/mol. The van der Waals surface area contributed by atoms with E-state index in [0.29, 0.717) is 23.7 Å². The molecule has 2 aromatic heterocycles. The Labute approximate surface area is 97.3 Å². The van der Waals surface area contributed by atoms with Crippen LogP contribution in [0, 0.1) is 6.92 Å². The van der Waals surface area contributed by atoms with Gasteiger partial charge in [-0.1, -0.05) is 5.16 Å². The van der Waals surface area contributed by atoms with Crippen molar-refractivity contribution < 1.29 is 14.4 Å². The molecule has 88 valence electrons. The molecule has 0 spiro atoms. The van der Waals surface area contributed by atoms with Crippen molar-refractivity contribution in [3.63, 3.8) is 0 Å². The zero-order valence-corrected chi connectivity index (χ0v) is 9.17. The van der Waals surface area contributed by atoms with Crippen molar-refractivity contribution in [2.75, 3.05) is 5.32 Å². The molecule has 2 N–H and O–H groups in total. The van der Waals surface area contributed by atoms with Crippen LogP contribution in [-0.4, -0.2) is 21.2 Å². The summed E-state index contributed by atoms with van der Waals surface area (Å²) in [6, 6.07) is 5.11. The van der Waals surface area contributed by atoms with Gasteiger partial charge in [0.2, 0.25) is 0 Å². The predicted molar refractivity (Wildman–Crippen MR) is 59.8 cm³/mol. The first-order chi connectivity index (χ1) is 8.16. The third-order valence-electron chi connectivity index (χ3n) is 2.15. The average Bonchev–Trinajstić information content (AvgIpc) is 2.73. The highest BCUT2D eigenvalue weighted by Crippen LogP contribution is 2.13. The van der Waals surface area contributed by atoms with Gasteiger partial charge in [0.25, 0.3) is 0 Å². The van der Waals surface area contributed by atoms with Crippen molar-refractivity contribution >= 4 is 11.7 Å². The molecule has 0 saturated heterocycles. The normalized spacial score (nSPS) is 10.2. The second-order valence-electron chi connectivity index (χ2n) is 3.49. The molecule has 2 rings (SSSR count). The molecule has 0 unspecified atom stereocenters. The summed E-state index contributed by atoms with van der Waals surface area (Å²) >= 11 is 0. The number of aromatic carboxylic acids is 1. The van der Waals surface area contributed by atoms with E-state index in [1.807, 2.05) is 0 Å². The monoisotopic (exact) mass is 233 g/mol. The zero-order valence-electron chi connectivity index (χ0n) is 9.17. The Balaban J connectivity index is 2.11. The molecule has 0 aliphatic carbocycles. The van der Waals surface area contributed by atoms with Crippen LogP contribution in [0.3, 0.4) is 0 Å². The Morgan fingerprint density at radius 3 is 3.06 bits per heavy atom. The van der Waals surface area contributed by atoms with Gasteiger partial charge < -0.3 is 14.9 Å². The van der Waals surface area contributed by atoms with Crippen molar-refractivity contribution in [2.45, 2.75) is 13.5 Å². The van der Waals surface area contributed by atoms with Gasteiger partial charge in [0.05, 0.1) is 12.2 Å². The number of nitrogens with one attached hydrogen (secondary N) is 1. The van der Waals surface area contributed by atoms with E-state index < -0.39 is 5.97 Å². The number of anilines is 1. The number of hydrogen-bond acceptors (Lipinski definition) is 5. The van der Waals surface area contributed by atoms with Crippen LogP contribution < -0.4 is 5.32 Å². The molecule has 2 aromatic rings. The number of nitrogens with zero attached hydrogens (tertiary/aromatic N) is 2. The van der Waals surface area contributed by atoms with Crippen molar-refractivity contribution in [1.29, 1.82) is 0 Å². The summed E-state index contributed by atoms with van der Waals surface area (Å²) in [6.45, 7) is 2.19. The van der Waals surface area contributed by atoms with Gasteiger partial charge in [0, 0.05) is 12.3 Å². The van der Waals surface area contributed by atoms with E-state index in [1.54, 1.807) is 25.1 Å². The third kappa shape index (κ3) is 2.60. The molecule has 0 amide bonds. The van der Waals surface area contributed by atoms with Crippen LogP contribution >= 0.6 is 0 Å². The van der Waals surface area contributed by atoms with Gasteiger partial charge in [-0.05, 0) is 19.1 Å². The number of aryl methyl sites for hydroxylation is 1. The number of carbonyl (C=O) groups is 1. The van der Waals surface area contributed by atoms with Crippen LogP contribution in [-0.2, 0) is 6.54 Å². The first-order valence-corrected chi connectivity index (χ1v) is 5.01. The molecule has 0 fully saturated rings. The number of rotatable bonds is 4. The van der Waals surface area contributed by atoms with Gasteiger partial charge in [-0.15, -0.1) is 0 Å². The second-order valence-corrected chi connectivity index (χ2v) is 3.49. The SMILES string of the molecule is Cc1cc(CNc2cccnc2C(=O)O)no1. The maximum absolute atomic E-state index is 10.9. The van der Waals surface area contributed by atoms with E-state index in [4.69, 9.17) is 9.63 Å². The van der Waals surface area contributed by atoms with Crippen LogP contribution in [0.25, 0.3) is 0 Å². The van der Waals surface area contributed by atoms with E-state index in [0.717, 1.165) is 0 Å². The molecule has 0 saturated carbocycles. The summed E-state index contributed by atoms with van der Waals surface area (Å²) < 4.78 is 4.91. The molecule has 0 aliphatic rings. The molecule has 6 nitrogen and oxygen atoms in total. The summed E-state index contributed by atoms with van der Waals surface area (Å²) in [5.41, 5.74) is 1.16. The van der Waals surface area contributed by atoms with Gasteiger partial charge in [-0.25, -0.2) is 9.78 Å². The lowest BCUT2D eigenvalue weighted by Crippen LogP contribution is -2.08. The Kier molecular flexibility index (Phi) is 3.04. The number of pyridine rings is 1. The van der Waals surface area contributed by atoms with Crippen LogP contribution in [0.5, 0.6) is 0 Å². The molecule has 0 aliphatic heterocycles. The van der Waals surface area contributed by atoms with Crippen molar-refractivity contribution in [3.8, 4) is 0 Å². The standard InChI is InChI=1S/C11H11N3O3/c1-7-5-8(14-17-7)6-13-9-3-2-4-12-10(9)11(15)16/h2-5,13H,6H2,1H3,(H,15,16). The minimum absolute atomic E-state index is 0.00674. The van der Waals surface area contributed by atoms with E-state index in [1.165, 1.54) is 6.20 Å². The van der Waals surface area contributed by atoms with Crippen LogP contribution in [0.1, 0.15) is 21.9 Å². The summed E-state index contributed by atoms with van der Waals surface area (Å²) in [6.07, 6.45) is 1.44. The van der Waals surface area contributed by atoms with Gasteiger partial charge in [-0.2, -0.15) is 0 Å². The molecule has 17 heavy (non-hydrogen) atoms. The molecular formula is C11H11N3O3. The highest BCUT2D eigenvalue weighted by atomic mass is 16.5. The van der Waals surface area contributed by atoms with Gasteiger partial charge >= 0.3 is 5.97 Å². The number of carboxylic acid groups (broad SMARTS) is 1. The molecule has 0 aromatic carbocycles. The quantitative estimate of drug-likeness (QED) is 0.835. The maximum Gasteiger partial charge on any atom is 0.356 e. The van der Waals surface area contributed by atoms with E-state index in [2.05, 4.69) is 15.5 Å². The fourth-order valence-electron chi connectivity index (χ4n) is 1.41. The van der Waals surface area contributed by atoms with Gasteiger partial charge in [0.1, 0.15) is 11.5 Å². The third-order valence-corrected chi connectivity index (χ3v) is 2.15. The van der Waals surface area contributed by atoms with Crippen molar-refractivity contribution in [3.05, 3.63) is 41.5 Å².